The third-order valence-corrected chi connectivity index (χ3v) is 4.31. The van der Waals surface area contributed by atoms with Crippen LogP contribution in [-0.4, -0.2) is 0 Å². The molecule has 2 heteroatoms. The molecule has 0 radical (unpaired) electrons. The minimum absolute atomic E-state index is 0.103. The Morgan fingerprint density at radius 2 is 2.00 bits per heavy atom. The van der Waals surface area contributed by atoms with Crippen molar-refractivity contribution in [2.75, 3.05) is 0 Å². The molecule has 2 aromatic rings. The van der Waals surface area contributed by atoms with Gasteiger partial charge in [-0.3, -0.25) is 0 Å². The molecule has 0 aliphatic heterocycles. The largest absolute Gasteiger partial charge is 0.212 e. The molecule has 0 amide bonds. The standard InChI is InChI=1S/C14H13FS/c1-9-14(10-6-4-7-12(10)15)11-5-2-3-8-13(11)16-9/h2-3,5,8H,4,6-7H2,1H3. The van der Waals surface area contributed by atoms with Gasteiger partial charge in [0.1, 0.15) is 5.83 Å². The summed E-state index contributed by atoms with van der Waals surface area (Å²) in [7, 11) is 0. The maximum absolute atomic E-state index is 13.7. The lowest BCUT2D eigenvalue weighted by Gasteiger charge is -2.02. The van der Waals surface area contributed by atoms with Gasteiger partial charge in [0.05, 0.1) is 0 Å². The van der Waals surface area contributed by atoms with E-state index in [0.717, 1.165) is 24.0 Å². The minimum Gasteiger partial charge on any atom is -0.212 e. The third kappa shape index (κ3) is 1.40. The van der Waals surface area contributed by atoms with Gasteiger partial charge in [0, 0.05) is 20.5 Å². The Labute approximate surface area is 98.4 Å². The molecule has 0 bridgehead atoms. The van der Waals surface area contributed by atoms with Crippen LogP contribution in [0.1, 0.15) is 29.7 Å². The Bertz CT molecular complexity index is 577. The van der Waals surface area contributed by atoms with Crippen LogP contribution in [0.2, 0.25) is 0 Å². The van der Waals surface area contributed by atoms with E-state index in [1.54, 1.807) is 11.3 Å². The zero-order valence-electron chi connectivity index (χ0n) is 9.22. The smallest absolute Gasteiger partial charge is 0.104 e. The summed E-state index contributed by atoms with van der Waals surface area (Å²) >= 11 is 1.77. The average molecular weight is 232 g/mol. The number of rotatable bonds is 1. The van der Waals surface area contributed by atoms with Gasteiger partial charge in [-0.1, -0.05) is 18.2 Å². The van der Waals surface area contributed by atoms with Crippen molar-refractivity contribution in [1.29, 1.82) is 0 Å². The molecule has 82 valence electrons. The van der Waals surface area contributed by atoms with Gasteiger partial charge >= 0.3 is 0 Å². The maximum Gasteiger partial charge on any atom is 0.104 e. The van der Waals surface area contributed by atoms with Gasteiger partial charge < -0.3 is 0 Å². The van der Waals surface area contributed by atoms with E-state index in [2.05, 4.69) is 19.1 Å². The molecule has 0 N–H and O–H groups in total. The topological polar surface area (TPSA) is 0 Å². The number of fused-ring (bicyclic) bond motifs is 1. The molecule has 1 aromatic carbocycles. The normalized spacial score (nSPS) is 16.4. The number of benzene rings is 1. The molecular formula is C14H13FS. The van der Waals surface area contributed by atoms with Crippen molar-refractivity contribution in [2.24, 2.45) is 0 Å². The first kappa shape index (κ1) is 10.0. The number of hydrogen-bond acceptors (Lipinski definition) is 1. The Kier molecular flexibility index (Phi) is 2.32. The summed E-state index contributed by atoms with van der Waals surface area (Å²) in [5.74, 6) is 0.103. The highest BCUT2D eigenvalue weighted by atomic mass is 32.1. The maximum atomic E-state index is 13.7. The second-order valence-corrected chi connectivity index (χ2v) is 5.52. The molecule has 0 unspecified atom stereocenters. The van der Waals surface area contributed by atoms with Crippen molar-refractivity contribution in [2.45, 2.75) is 26.2 Å². The van der Waals surface area contributed by atoms with Crippen molar-refractivity contribution in [3.05, 3.63) is 40.5 Å². The number of hydrogen-bond donors (Lipinski definition) is 0. The number of thiophene rings is 1. The van der Waals surface area contributed by atoms with Crippen molar-refractivity contribution in [3.63, 3.8) is 0 Å². The monoisotopic (exact) mass is 232 g/mol. The summed E-state index contributed by atoms with van der Waals surface area (Å²) in [6, 6.07) is 8.30. The second kappa shape index (κ2) is 3.70. The van der Waals surface area contributed by atoms with Gasteiger partial charge in [0.15, 0.2) is 0 Å². The van der Waals surface area contributed by atoms with E-state index in [9.17, 15) is 4.39 Å². The van der Waals surface area contributed by atoms with Crippen LogP contribution in [0.4, 0.5) is 4.39 Å². The van der Waals surface area contributed by atoms with Crippen LogP contribution in [0.25, 0.3) is 15.7 Å². The summed E-state index contributed by atoms with van der Waals surface area (Å²) in [6.07, 6.45) is 2.48. The predicted octanol–water partition coefficient (Wildman–Crippen LogP) is 5.07. The Hall–Kier alpha value is -1.15. The van der Waals surface area contributed by atoms with E-state index < -0.39 is 0 Å². The first-order valence-corrected chi connectivity index (χ1v) is 6.45. The fraction of sp³-hybridized carbons (Fsp3) is 0.286. The van der Waals surface area contributed by atoms with Crippen LogP contribution in [-0.2, 0) is 0 Å². The fourth-order valence-corrected chi connectivity index (χ4v) is 3.60. The van der Waals surface area contributed by atoms with Crippen LogP contribution >= 0.6 is 11.3 Å². The van der Waals surface area contributed by atoms with Gasteiger partial charge in [-0.2, -0.15) is 0 Å². The minimum atomic E-state index is 0.103. The second-order valence-electron chi connectivity index (χ2n) is 4.27. The molecule has 0 saturated heterocycles. The highest BCUT2D eigenvalue weighted by Crippen LogP contribution is 2.42. The zero-order valence-corrected chi connectivity index (χ0v) is 10.0. The SMILES string of the molecule is Cc1sc2ccccc2c1C1=C(F)CCC1. The lowest BCUT2D eigenvalue weighted by Crippen LogP contribution is -1.82. The predicted molar refractivity (Wildman–Crippen MR) is 68.4 cm³/mol. The van der Waals surface area contributed by atoms with E-state index in [1.165, 1.54) is 15.0 Å². The lowest BCUT2D eigenvalue weighted by atomic mass is 10.0. The first-order valence-electron chi connectivity index (χ1n) is 5.63. The Balaban J connectivity index is 2.30. The van der Waals surface area contributed by atoms with Gasteiger partial charge in [0.25, 0.3) is 0 Å². The van der Waals surface area contributed by atoms with Gasteiger partial charge in [-0.25, -0.2) is 4.39 Å². The summed E-state index contributed by atoms with van der Waals surface area (Å²) in [5, 5.41) is 1.22. The molecule has 1 aliphatic rings. The molecule has 3 rings (SSSR count). The summed E-state index contributed by atoms with van der Waals surface area (Å²) in [4.78, 5) is 1.24. The fourth-order valence-electron chi connectivity index (χ4n) is 2.51. The lowest BCUT2D eigenvalue weighted by molar-refractivity contribution is 0.606. The van der Waals surface area contributed by atoms with E-state index in [1.807, 2.05) is 12.1 Å². The van der Waals surface area contributed by atoms with Crippen LogP contribution < -0.4 is 0 Å². The molecule has 0 fully saturated rings. The molecule has 0 saturated carbocycles. The van der Waals surface area contributed by atoms with Crippen LogP contribution in [0.15, 0.2) is 30.1 Å². The number of halogens is 1. The highest BCUT2D eigenvalue weighted by Gasteiger charge is 2.20. The summed E-state index contributed by atoms with van der Waals surface area (Å²) in [5.41, 5.74) is 2.12. The highest BCUT2D eigenvalue weighted by molar-refractivity contribution is 7.19. The molecule has 16 heavy (non-hydrogen) atoms. The van der Waals surface area contributed by atoms with E-state index in [-0.39, 0.29) is 5.83 Å². The number of allylic oxidation sites excluding steroid dienone is 2. The molecular weight excluding hydrogens is 219 g/mol. The van der Waals surface area contributed by atoms with Crippen LogP contribution in [0, 0.1) is 6.92 Å². The molecule has 0 atom stereocenters. The van der Waals surface area contributed by atoms with Crippen molar-refractivity contribution in [1.82, 2.24) is 0 Å². The van der Waals surface area contributed by atoms with Gasteiger partial charge in [0.2, 0.25) is 0 Å². The summed E-state index contributed by atoms with van der Waals surface area (Å²) in [6.45, 7) is 2.10. The number of aryl methyl sites for hydroxylation is 1. The third-order valence-electron chi connectivity index (χ3n) is 3.22. The summed E-state index contributed by atoms with van der Waals surface area (Å²) < 4.78 is 15.0. The zero-order chi connectivity index (χ0) is 11.1. The van der Waals surface area contributed by atoms with Gasteiger partial charge in [-0.15, -0.1) is 11.3 Å². The van der Waals surface area contributed by atoms with Gasteiger partial charge in [-0.05, 0) is 37.8 Å². The molecule has 1 aromatic heterocycles. The van der Waals surface area contributed by atoms with Crippen molar-refractivity contribution >= 4 is 27.0 Å². The Morgan fingerprint density at radius 3 is 2.75 bits per heavy atom. The van der Waals surface area contributed by atoms with E-state index in [0.29, 0.717) is 6.42 Å². The van der Waals surface area contributed by atoms with Crippen LogP contribution in [0.5, 0.6) is 0 Å². The van der Waals surface area contributed by atoms with Crippen molar-refractivity contribution in [3.8, 4) is 0 Å². The average Bonchev–Trinajstić information content (AvgIpc) is 2.81. The van der Waals surface area contributed by atoms with Crippen molar-refractivity contribution < 1.29 is 4.39 Å². The molecule has 1 aliphatic carbocycles. The van der Waals surface area contributed by atoms with E-state index >= 15 is 0 Å². The Morgan fingerprint density at radius 1 is 1.19 bits per heavy atom. The molecule has 1 heterocycles. The van der Waals surface area contributed by atoms with Crippen LogP contribution in [0.3, 0.4) is 0 Å². The quantitative estimate of drug-likeness (QED) is 0.643. The first-order chi connectivity index (χ1) is 7.77. The molecule has 0 nitrogen and oxygen atoms in total. The molecule has 0 spiro atoms. The van der Waals surface area contributed by atoms with E-state index in [4.69, 9.17) is 0 Å².